The van der Waals surface area contributed by atoms with Gasteiger partial charge in [-0.25, -0.2) is 4.79 Å². The number of benzene rings is 2. The Kier molecular flexibility index (Phi) is 6.40. The van der Waals surface area contributed by atoms with Gasteiger partial charge in [-0.3, -0.25) is 14.9 Å². The highest BCUT2D eigenvalue weighted by molar-refractivity contribution is 5.98. The fourth-order valence-electron chi connectivity index (χ4n) is 3.04. The highest BCUT2D eigenvalue weighted by atomic mass is 16.6. The first-order valence-corrected chi connectivity index (χ1v) is 9.10. The normalized spacial score (nSPS) is 14.7. The third kappa shape index (κ3) is 4.69. The largest absolute Gasteiger partial charge is 0.444 e. The van der Waals surface area contributed by atoms with E-state index < -0.39 is 17.0 Å². The number of nitrogens with one attached hydrogen (secondary N) is 1. The van der Waals surface area contributed by atoms with Crippen LogP contribution in [0.25, 0.3) is 0 Å². The van der Waals surface area contributed by atoms with Gasteiger partial charge in [-0.2, -0.15) is 0 Å². The van der Waals surface area contributed by atoms with Crippen molar-refractivity contribution in [3.05, 3.63) is 69.8 Å². The van der Waals surface area contributed by atoms with Crippen LogP contribution in [0.4, 0.5) is 11.4 Å². The molecule has 1 aliphatic rings. The Bertz CT molecular complexity index is 896. The molecule has 1 N–H and O–H groups in total. The van der Waals surface area contributed by atoms with Gasteiger partial charge in [-0.1, -0.05) is 30.3 Å². The second-order valence-electron chi connectivity index (χ2n) is 6.37. The molecule has 2 aromatic rings. The minimum absolute atomic E-state index is 0.0163. The van der Waals surface area contributed by atoms with Gasteiger partial charge < -0.3 is 19.7 Å². The number of amides is 1. The molecule has 9 nitrogen and oxygen atoms in total. The van der Waals surface area contributed by atoms with Crippen molar-refractivity contribution in [1.29, 1.82) is 0 Å². The van der Waals surface area contributed by atoms with Crippen molar-refractivity contribution in [2.24, 2.45) is 0 Å². The second kappa shape index (κ2) is 9.16. The van der Waals surface area contributed by atoms with Crippen molar-refractivity contribution >= 4 is 23.3 Å². The molecule has 0 spiro atoms. The highest BCUT2D eigenvalue weighted by Crippen LogP contribution is 2.27. The van der Waals surface area contributed by atoms with E-state index in [0.29, 0.717) is 37.6 Å². The highest BCUT2D eigenvalue weighted by Gasteiger charge is 2.31. The van der Waals surface area contributed by atoms with Crippen LogP contribution in [0, 0.1) is 10.1 Å². The van der Waals surface area contributed by atoms with Crippen LogP contribution in [-0.4, -0.2) is 55.1 Å². The van der Waals surface area contributed by atoms with Gasteiger partial charge in [0.1, 0.15) is 0 Å². The quantitative estimate of drug-likeness (QED) is 0.451. The van der Waals surface area contributed by atoms with Gasteiger partial charge in [0.25, 0.3) is 11.6 Å². The van der Waals surface area contributed by atoms with E-state index in [1.165, 1.54) is 12.1 Å². The molecular weight excluding hydrogens is 378 g/mol. The summed E-state index contributed by atoms with van der Waals surface area (Å²) in [5, 5.41) is 13.9. The monoisotopic (exact) mass is 399 g/mol. The third-order valence-electron chi connectivity index (χ3n) is 4.58. The summed E-state index contributed by atoms with van der Waals surface area (Å²) in [5.41, 5.74) is 0.629. The number of anilines is 1. The Morgan fingerprint density at radius 2 is 1.86 bits per heavy atom. The van der Waals surface area contributed by atoms with Crippen LogP contribution in [0.2, 0.25) is 0 Å². The Morgan fingerprint density at radius 3 is 2.48 bits per heavy atom. The van der Waals surface area contributed by atoms with E-state index in [4.69, 9.17) is 9.47 Å². The average molecular weight is 399 g/mol. The van der Waals surface area contributed by atoms with Crippen molar-refractivity contribution in [2.45, 2.75) is 6.10 Å². The number of rotatable bonds is 6. The van der Waals surface area contributed by atoms with E-state index in [0.717, 1.165) is 6.07 Å². The second-order valence-corrected chi connectivity index (χ2v) is 6.37. The molecule has 0 aromatic heterocycles. The summed E-state index contributed by atoms with van der Waals surface area (Å²) in [5.74, 6) is -1.18. The first-order chi connectivity index (χ1) is 14.0. The fraction of sp³-hybridized carbons (Fsp3) is 0.300. The Hall–Kier alpha value is -3.46. The molecule has 1 heterocycles. The van der Waals surface area contributed by atoms with Gasteiger partial charge in [0.05, 0.1) is 23.7 Å². The lowest BCUT2D eigenvalue weighted by molar-refractivity contribution is -0.384. The molecule has 29 heavy (non-hydrogen) atoms. The van der Waals surface area contributed by atoms with Crippen LogP contribution in [0.3, 0.4) is 0 Å². The van der Waals surface area contributed by atoms with E-state index in [1.807, 2.05) is 0 Å². The van der Waals surface area contributed by atoms with E-state index >= 15 is 0 Å². The summed E-state index contributed by atoms with van der Waals surface area (Å²) < 4.78 is 10.9. The molecule has 1 amide bonds. The average Bonchev–Trinajstić information content (AvgIpc) is 2.77. The van der Waals surface area contributed by atoms with E-state index in [2.05, 4.69) is 5.32 Å². The van der Waals surface area contributed by atoms with Gasteiger partial charge in [-0.15, -0.1) is 0 Å². The minimum atomic E-state index is -1.16. The van der Waals surface area contributed by atoms with Crippen LogP contribution < -0.4 is 5.32 Å². The number of hydrogen-bond donors (Lipinski definition) is 1. The standard InChI is InChI=1S/C20H21N3O6/c1-21-17-8-7-15(23(26)27)13-16(17)20(25)29-18(14-5-3-2-4-6-14)19(24)22-9-11-28-12-10-22/h2-8,13,18,21H,9-12H2,1H3/t18-/m1/s1. The maximum atomic E-state index is 13.1. The number of nitro groups is 1. The molecular formula is C20H21N3O6. The Balaban J connectivity index is 1.91. The molecule has 0 unspecified atom stereocenters. The smallest absolute Gasteiger partial charge is 0.341 e. The van der Waals surface area contributed by atoms with Crippen molar-refractivity contribution in [2.75, 3.05) is 38.7 Å². The topological polar surface area (TPSA) is 111 Å². The Labute approximate surface area is 167 Å². The summed E-state index contributed by atoms with van der Waals surface area (Å²) in [6.45, 7) is 1.63. The van der Waals surface area contributed by atoms with Gasteiger partial charge in [0, 0.05) is 43.5 Å². The molecule has 152 valence electrons. The van der Waals surface area contributed by atoms with E-state index in [-0.39, 0.29) is 17.2 Å². The van der Waals surface area contributed by atoms with Crippen LogP contribution in [-0.2, 0) is 14.3 Å². The number of hydrogen-bond acceptors (Lipinski definition) is 7. The van der Waals surface area contributed by atoms with Crippen molar-refractivity contribution < 1.29 is 24.0 Å². The lowest BCUT2D eigenvalue weighted by Crippen LogP contribution is -2.44. The predicted molar refractivity (Wildman–Crippen MR) is 105 cm³/mol. The molecule has 2 aromatic carbocycles. The van der Waals surface area contributed by atoms with E-state index in [9.17, 15) is 19.7 Å². The zero-order chi connectivity index (χ0) is 20.8. The SMILES string of the molecule is CNc1ccc([N+](=O)[O-])cc1C(=O)O[C@@H](C(=O)N1CCOCC1)c1ccccc1. The Morgan fingerprint density at radius 1 is 1.17 bits per heavy atom. The molecule has 1 atom stereocenters. The van der Waals surface area contributed by atoms with Gasteiger partial charge in [0.15, 0.2) is 0 Å². The summed E-state index contributed by atoms with van der Waals surface area (Å²) in [4.78, 5) is 38.0. The lowest BCUT2D eigenvalue weighted by atomic mass is 10.1. The minimum Gasteiger partial charge on any atom is -0.444 e. The molecule has 3 rings (SSSR count). The molecule has 0 radical (unpaired) electrons. The van der Waals surface area contributed by atoms with Gasteiger partial charge in [0.2, 0.25) is 6.10 Å². The molecule has 0 saturated carbocycles. The number of carbonyl (C=O) groups excluding carboxylic acids is 2. The summed E-state index contributed by atoms with van der Waals surface area (Å²) >= 11 is 0. The fourth-order valence-corrected chi connectivity index (χ4v) is 3.04. The number of nitrogens with zero attached hydrogens (tertiary/aromatic N) is 2. The molecule has 1 fully saturated rings. The summed E-state index contributed by atoms with van der Waals surface area (Å²) in [7, 11) is 1.59. The number of nitro benzene ring substituents is 1. The van der Waals surface area contributed by atoms with Gasteiger partial charge in [-0.05, 0) is 6.07 Å². The third-order valence-corrected chi connectivity index (χ3v) is 4.58. The van der Waals surface area contributed by atoms with Crippen molar-refractivity contribution in [3.63, 3.8) is 0 Å². The summed E-state index contributed by atoms with van der Waals surface area (Å²) in [6, 6.07) is 12.5. The predicted octanol–water partition coefficient (Wildman–Crippen LogP) is 2.39. The molecule has 1 aliphatic heterocycles. The van der Waals surface area contributed by atoms with Crippen LogP contribution in [0.5, 0.6) is 0 Å². The van der Waals surface area contributed by atoms with Crippen molar-refractivity contribution in [3.8, 4) is 0 Å². The molecule has 0 aliphatic carbocycles. The maximum Gasteiger partial charge on any atom is 0.341 e. The van der Waals surface area contributed by atoms with Crippen LogP contribution in [0.1, 0.15) is 22.0 Å². The molecule has 9 heteroatoms. The first kappa shape index (κ1) is 20.3. The lowest BCUT2D eigenvalue weighted by Gasteiger charge is -2.30. The maximum absolute atomic E-state index is 13.1. The van der Waals surface area contributed by atoms with Crippen molar-refractivity contribution in [1.82, 2.24) is 4.90 Å². The zero-order valence-electron chi connectivity index (χ0n) is 15.9. The van der Waals surface area contributed by atoms with E-state index in [1.54, 1.807) is 42.3 Å². The summed E-state index contributed by atoms with van der Waals surface area (Å²) in [6.07, 6.45) is -1.16. The zero-order valence-corrected chi connectivity index (χ0v) is 15.9. The molecule has 0 bridgehead atoms. The number of esters is 1. The van der Waals surface area contributed by atoms with Crippen LogP contribution >= 0.6 is 0 Å². The number of carbonyl (C=O) groups is 2. The van der Waals surface area contributed by atoms with Crippen LogP contribution in [0.15, 0.2) is 48.5 Å². The number of ether oxygens (including phenoxy) is 2. The van der Waals surface area contributed by atoms with Gasteiger partial charge >= 0.3 is 5.97 Å². The molecule has 1 saturated heterocycles. The number of morpholine rings is 1. The number of non-ortho nitro benzene ring substituents is 1. The first-order valence-electron chi connectivity index (χ1n) is 9.10.